The summed E-state index contributed by atoms with van der Waals surface area (Å²) >= 11 is 0. The van der Waals surface area contributed by atoms with Crippen LogP contribution in [0.2, 0.25) is 0 Å². The highest BCUT2D eigenvalue weighted by atomic mass is 16.5. The van der Waals surface area contributed by atoms with Crippen LogP contribution in [-0.4, -0.2) is 63.9 Å². The van der Waals surface area contributed by atoms with Gasteiger partial charge in [0.2, 0.25) is 5.91 Å². The van der Waals surface area contributed by atoms with Gasteiger partial charge in [0.25, 0.3) is 0 Å². The minimum absolute atomic E-state index is 0.148. The van der Waals surface area contributed by atoms with Gasteiger partial charge in [-0.3, -0.25) is 19.7 Å². The predicted octanol–water partition coefficient (Wildman–Crippen LogP) is 1.29. The highest BCUT2D eigenvalue weighted by Gasteiger charge is 2.26. The van der Waals surface area contributed by atoms with Gasteiger partial charge in [-0.1, -0.05) is 6.07 Å². The van der Waals surface area contributed by atoms with Gasteiger partial charge in [0.15, 0.2) is 0 Å². The Morgan fingerprint density at radius 1 is 1.32 bits per heavy atom. The van der Waals surface area contributed by atoms with Crippen LogP contribution >= 0.6 is 0 Å². The van der Waals surface area contributed by atoms with Crippen LogP contribution in [0.15, 0.2) is 43.1 Å². The lowest BCUT2D eigenvalue weighted by molar-refractivity contribution is -0.139. The summed E-state index contributed by atoms with van der Waals surface area (Å²) in [5, 5.41) is 0. The molecule has 1 aliphatic heterocycles. The van der Waals surface area contributed by atoms with Crippen LogP contribution < -0.4 is 0 Å². The van der Waals surface area contributed by atoms with Crippen LogP contribution in [0.3, 0.4) is 0 Å². The number of hydrogen-bond acceptors (Lipinski definition) is 6. The van der Waals surface area contributed by atoms with E-state index in [1.54, 1.807) is 24.8 Å². The van der Waals surface area contributed by atoms with E-state index in [0.29, 0.717) is 32.7 Å². The molecule has 7 nitrogen and oxygen atoms in total. The van der Waals surface area contributed by atoms with E-state index in [1.807, 2.05) is 30.3 Å². The average Bonchev–Trinajstić information content (AvgIpc) is 2.68. The Bertz CT molecular complexity index is 668. The summed E-state index contributed by atoms with van der Waals surface area (Å²) in [7, 11) is 2.02. The highest BCUT2D eigenvalue weighted by molar-refractivity contribution is 5.76. The Kier molecular flexibility index (Phi) is 6.03. The molecule has 1 saturated heterocycles. The van der Waals surface area contributed by atoms with Gasteiger partial charge < -0.3 is 14.5 Å². The third-order valence-electron chi connectivity index (χ3n) is 4.21. The lowest BCUT2D eigenvalue weighted by atomic mass is 10.2. The zero-order chi connectivity index (χ0) is 17.5. The Balaban J connectivity index is 1.47. The van der Waals surface area contributed by atoms with Crippen molar-refractivity contribution in [2.75, 3.05) is 33.3 Å². The molecule has 0 radical (unpaired) electrons. The summed E-state index contributed by atoms with van der Waals surface area (Å²) in [4.78, 5) is 29.0. The molecule has 0 N–H and O–H groups in total. The van der Waals surface area contributed by atoms with E-state index in [9.17, 15) is 4.79 Å². The Hall–Kier alpha value is -2.38. The molecule has 1 unspecified atom stereocenters. The summed E-state index contributed by atoms with van der Waals surface area (Å²) in [6, 6.07) is 3.97. The number of pyridine rings is 1. The first-order valence-electron chi connectivity index (χ1n) is 8.45. The fourth-order valence-corrected chi connectivity index (χ4v) is 2.86. The van der Waals surface area contributed by atoms with Crippen molar-refractivity contribution < 1.29 is 9.53 Å². The second-order valence-corrected chi connectivity index (χ2v) is 6.18. The number of hydrogen-bond donors (Lipinski definition) is 0. The van der Waals surface area contributed by atoms with E-state index in [2.05, 4.69) is 19.9 Å². The first-order valence-corrected chi connectivity index (χ1v) is 8.45. The molecule has 2 aromatic rings. The summed E-state index contributed by atoms with van der Waals surface area (Å²) < 4.78 is 5.74. The molecule has 132 valence electrons. The van der Waals surface area contributed by atoms with Crippen LogP contribution in [0.4, 0.5) is 0 Å². The van der Waals surface area contributed by atoms with Crippen molar-refractivity contribution in [3.63, 3.8) is 0 Å². The molecule has 1 amide bonds. The van der Waals surface area contributed by atoms with Gasteiger partial charge in [0, 0.05) is 50.8 Å². The third kappa shape index (κ3) is 5.04. The van der Waals surface area contributed by atoms with E-state index in [1.165, 1.54) is 0 Å². The summed E-state index contributed by atoms with van der Waals surface area (Å²) in [6.45, 7) is 3.18. The third-order valence-corrected chi connectivity index (χ3v) is 4.21. The minimum Gasteiger partial charge on any atom is -0.368 e. The molecular formula is C18H23N5O2. The topological polar surface area (TPSA) is 71.5 Å². The number of rotatable bonds is 6. The maximum Gasteiger partial charge on any atom is 0.224 e. The molecule has 1 atom stereocenters. The molecule has 3 heterocycles. The molecule has 0 spiro atoms. The molecule has 0 aliphatic carbocycles. The second-order valence-electron chi connectivity index (χ2n) is 6.18. The van der Waals surface area contributed by atoms with Gasteiger partial charge in [-0.05, 0) is 18.7 Å². The lowest BCUT2D eigenvalue weighted by Crippen LogP contribution is -2.43. The van der Waals surface area contributed by atoms with E-state index in [4.69, 9.17) is 4.74 Å². The van der Waals surface area contributed by atoms with Crippen molar-refractivity contribution in [3.8, 4) is 0 Å². The number of carbonyl (C=O) groups is 1. The number of aromatic nitrogens is 3. The summed E-state index contributed by atoms with van der Waals surface area (Å²) in [5.41, 5.74) is 1.92. The van der Waals surface area contributed by atoms with E-state index in [-0.39, 0.29) is 12.0 Å². The SMILES string of the molecule is CN(CCC(=O)N1CCOC(c2cnccn2)C1)Cc1cccnc1. The van der Waals surface area contributed by atoms with Crippen molar-refractivity contribution >= 4 is 5.91 Å². The Labute approximate surface area is 147 Å². The van der Waals surface area contributed by atoms with Gasteiger partial charge in [0.1, 0.15) is 6.10 Å². The first-order chi connectivity index (χ1) is 12.2. The molecule has 25 heavy (non-hydrogen) atoms. The molecule has 7 heteroatoms. The van der Waals surface area contributed by atoms with E-state index < -0.39 is 0 Å². The van der Waals surface area contributed by atoms with E-state index in [0.717, 1.165) is 17.8 Å². The summed E-state index contributed by atoms with van der Waals surface area (Å²) in [5.74, 6) is 0.148. The Morgan fingerprint density at radius 3 is 2.96 bits per heavy atom. The predicted molar refractivity (Wildman–Crippen MR) is 92.5 cm³/mol. The van der Waals surface area contributed by atoms with Crippen LogP contribution in [0.25, 0.3) is 0 Å². The highest BCUT2D eigenvalue weighted by Crippen LogP contribution is 2.20. The van der Waals surface area contributed by atoms with Gasteiger partial charge in [-0.2, -0.15) is 0 Å². The molecule has 1 aliphatic rings. The molecule has 1 fully saturated rings. The number of ether oxygens (including phenoxy) is 1. The maximum atomic E-state index is 12.5. The Morgan fingerprint density at radius 2 is 2.20 bits per heavy atom. The van der Waals surface area contributed by atoms with Crippen molar-refractivity contribution in [2.45, 2.75) is 19.1 Å². The molecule has 3 rings (SSSR count). The zero-order valence-corrected chi connectivity index (χ0v) is 14.4. The number of morpholine rings is 1. The summed E-state index contributed by atoms with van der Waals surface area (Å²) in [6.07, 6.45) is 8.88. The van der Waals surface area contributed by atoms with E-state index >= 15 is 0 Å². The van der Waals surface area contributed by atoms with Crippen LogP contribution in [0.5, 0.6) is 0 Å². The quantitative estimate of drug-likeness (QED) is 0.788. The standard InChI is InChI=1S/C18H23N5O2/c1-22(13-15-3-2-5-19-11-15)8-4-18(24)23-9-10-25-17(14-23)16-12-20-6-7-21-16/h2-3,5-7,11-12,17H,4,8-10,13-14H2,1H3. The maximum absolute atomic E-state index is 12.5. The second kappa shape index (κ2) is 8.64. The molecule has 2 aromatic heterocycles. The zero-order valence-electron chi connectivity index (χ0n) is 14.4. The number of carbonyl (C=O) groups excluding carboxylic acids is 1. The minimum atomic E-state index is -0.195. The number of nitrogens with zero attached hydrogens (tertiary/aromatic N) is 5. The van der Waals surface area contributed by atoms with Gasteiger partial charge >= 0.3 is 0 Å². The van der Waals surface area contributed by atoms with Crippen LogP contribution in [0.1, 0.15) is 23.8 Å². The van der Waals surface area contributed by atoms with Gasteiger partial charge in [-0.25, -0.2) is 0 Å². The van der Waals surface area contributed by atoms with Crippen molar-refractivity contribution in [3.05, 3.63) is 54.4 Å². The average molecular weight is 341 g/mol. The smallest absolute Gasteiger partial charge is 0.224 e. The lowest BCUT2D eigenvalue weighted by Gasteiger charge is -2.33. The normalized spacial score (nSPS) is 17.7. The van der Waals surface area contributed by atoms with Crippen molar-refractivity contribution in [1.29, 1.82) is 0 Å². The first kappa shape index (κ1) is 17.4. The number of amides is 1. The molecule has 0 saturated carbocycles. The van der Waals surface area contributed by atoms with Gasteiger partial charge in [0.05, 0.1) is 25.0 Å². The fourth-order valence-electron chi connectivity index (χ4n) is 2.86. The molecule has 0 bridgehead atoms. The van der Waals surface area contributed by atoms with Crippen molar-refractivity contribution in [1.82, 2.24) is 24.8 Å². The van der Waals surface area contributed by atoms with Crippen LogP contribution in [0, 0.1) is 0 Å². The van der Waals surface area contributed by atoms with Crippen molar-refractivity contribution in [2.24, 2.45) is 0 Å². The van der Waals surface area contributed by atoms with Crippen LogP contribution in [-0.2, 0) is 16.1 Å². The van der Waals surface area contributed by atoms with Gasteiger partial charge in [-0.15, -0.1) is 0 Å². The molecular weight excluding hydrogens is 318 g/mol. The fraction of sp³-hybridized carbons (Fsp3) is 0.444. The molecule has 0 aromatic carbocycles. The monoisotopic (exact) mass is 341 g/mol. The largest absolute Gasteiger partial charge is 0.368 e.